The Balaban J connectivity index is 1.82. The van der Waals surface area contributed by atoms with Crippen molar-refractivity contribution in [2.75, 3.05) is 26.2 Å². The van der Waals surface area contributed by atoms with Crippen LogP contribution in [0.3, 0.4) is 0 Å². The lowest BCUT2D eigenvalue weighted by Crippen LogP contribution is -2.63. The fourth-order valence-electron chi connectivity index (χ4n) is 7.47. The third-order valence-electron chi connectivity index (χ3n) is 11.1. The number of carboxylic acids is 1. The number of nitrogens with two attached hydrogens (primary N) is 4. The van der Waals surface area contributed by atoms with Crippen LogP contribution in [0, 0.1) is 0 Å². The van der Waals surface area contributed by atoms with Crippen molar-refractivity contribution in [1.82, 2.24) is 52.1 Å². The summed E-state index contributed by atoms with van der Waals surface area (Å²) in [4.78, 5) is 136. The van der Waals surface area contributed by atoms with Gasteiger partial charge in [0.05, 0.1) is 25.1 Å². The highest BCUT2D eigenvalue weighted by atomic mass is 16.4. The summed E-state index contributed by atoms with van der Waals surface area (Å²) in [7, 11) is 0. The van der Waals surface area contributed by atoms with Crippen LogP contribution in [-0.2, 0) is 56.0 Å². The number of H-pyrrole nitrogens is 1. The van der Waals surface area contributed by atoms with E-state index in [0.29, 0.717) is 17.7 Å². The van der Waals surface area contributed by atoms with Crippen LogP contribution in [0.15, 0.2) is 52.8 Å². The molecule has 1 aliphatic heterocycles. The number of carbonyl (C=O) groups excluding carboxylic acids is 8. The zero-order valence-electron chi connectivity index (χ0n) is 40.3. The molecule has 9 atom stereocenters. The second-order valence-corrected chi connectivity index (χ2v) is 17.1. The van der Waals surface area contributed by atoms with E-state index in [1.54, 1.807) is 30.3 Å². The van der Waals surface area contributed by atoms with Gasteiger partial charge < -0.3 is 85.4 Å². The molecule has 1 aromatic carbocycles. The molecular formula is C44H68N16O12. The molecule has 0 bridgehead atoms. The average Bonchev–Trinajstić information content (AvgIpc) is 4.03. The molecule has 72 heavy (non-hydrogen) atoms. The van der Waals surface area contributed by atoms with Crippen molar-refractivity contribution in [2.45, 2.75) is 127 Å². The summed E-state index contributed by atoms with van der Waals surface area (Å²) >= 11 is 0. The molecule has 0 saturated carbocycles. The summed E-state index contributed by atoms with van der Waals surface area (Å²) in [5, 5.41) is 48.6. The van der Waals surface area contributed by atoms with Crippen LogP contribution in [0.1, 0.15) is 70.6 Å². The first kappa shape index (κ1) is 58.4. The quantitative estimate of drug-likeness (QED) is 0.0205. The molecule has 19 N–H and O–H groups in total. The minimum absolute atomic E-state index is 0.00458. The normalized spacial score (nSPS) is 16.3. The number of carboxylic acid groups (broad SMARTS) is 1. The molecule has 28 heteroatoms. The number of carbonyl (C=O) groups is 9. The number of imidazole rings is 1. The Hall–Kier alpha value is -7.88. The molecule has 8 amide bonds. The second-order valence-electron chi connectivity index (χ2n) is 17.1. The van der Waals surface area contributed by atoms with Crippen molar-refractivity contribution >= 4 is 65.1 Å². The van der Waals surface area contributed by atoms with Crippen LogP contribution in [0.4, 0.5) is 0 Å². The van der Waals surface area contributed by atoms with Crippen LogP contribution in [0.25, 0.3) is 0 Å². The number of nitrogens with zero attached hydrogens (tertiary/aromatic N) is 4. The monoisotopic (exact) mass is 1010 g/mol. The number of aliphatic imine (C=N–C) groups is 2. The standard InChI is InChI=1S/C44H68N16O12/c1-23(61)34(39(68)56-30(19-27-20-49-22-53-27)37(66)57-31(42(71)72)18-26-10-5-4-6-11-26)59-40(69)35(24(2)62)58-36(65)28(12-7-15-50-43(45)46)55-38(67)32-14-9-17-60(32)41(70)29(13-8-16-51-44(47)48)54-33(64)21-52-25(3)63/h4-6,10-11,20,22-24,28-32,34-35,61-62H,7-9,12-19,21H2,1-3H3,(H,49,53)(H,52,63)(H,54,64)(H,55,67)(H,56,68)(H,57,66)(H,58,65)(H,59,69)(H,71,72)(H4,45,46,50)(H4,47,48,51)/t23-,24-,28+,29+,30+,31+,32+,34+,35+/m1/s1. The first-order valence-corrected chi connectivity index (χ1v) is 23.1. The lowest BCUT2D eigenvalue weighted by Gasteiger charge is -2.31. The van der Waals surface area contributed by atoms with Gasteiger partial charge in [0.1, 0.15) is 42.3 Å². The van der Waals surface area contributed by atoms with Gasteiger partial charge >= 0.3 is 5.97 Å². The number of nitrogens with one attached hydrogen (secondary N) is 8. The van der Waals surface area contributed by atoms with Gasteiger partial charge in [-0.1, -0.05) is 30.3 Å². The smallest absolute Gasteiger partial charge is 0.326 e. The molecule has 1 aliphatic rings. The Morgan fingerprint density at radius 1 is 0.736 bits per heavy atom. The number of aliphatic hydroxyl groups is 2. The topological polar surface area (TPSA) is 459 Å². The van der Waals surface area contributed by atoms with Crippen molar-refractivity contribution in [2.24, 2.45) is 32.9 Å². The van der Waals surface area contributed by atoms with Crippen molar-refractivity contribution in [3.8, 4) is 0 Å². The van der Waals surface area contributed by atoms with E-state index in [4.69, 9.17) is 22.9 Å². The zero-order chi connectivity index (χ0) is 53.5. The molecule has 0 radical (unpaired) electrons. The molecule has 2 heterocycles. The van der Waals surface area contributed by atoms with E-state index in [1.807, 2.05) is 0 Å². The number of aromatic amines is 1. The fourth-order valence-corrected chi connectivity index (χ4v) is 7.47. The summed E-state index contributed by atoms with van der Waals surface area (Å²) in [6.45, 7) is 3.30. The van der Waals surface area contributed by atoms with Gasteiger partial charge in [-0.05, 0) is 57.9 Å². The highest BCUT2D eigenvalue weighted by Crippen LogP contribution is 2.21. The Kier molecular flexibility index (Phi) is 23.8. The maximum absolute atomic E-state index is 14.1. The molecule has 3 rings (SSSR count). The van der Waals surface area contributed by atoms with E-state index < -0.39 is 114 Å². The number of benzene rings is 1. The molecular weight excluding hydrogens is 945 g/mol. The van der Waals surface area contributed by atoms with Gasteiger partial charge in [-0.25, -0.2) is 9.78 Å². The lowest BCUT2D eigenvalue weighted by atomic mass is 10.0. The van der Waals surface area contributed by atoms with Gasteiger partial charge in [0.2, 0.25) is 47.3 Å². The van der Waals surface area contributed by atoms with Crippen molar-refractivity contribution in [3.05, 3.63) is 54.1 Å². The molecule has 396 valence electrons. The molecule has 1 fully saturated rings. The molecule has 0 spiro atoms. The Morgan fingerprint density at radius 3 is 1.83 bits per heavy atom. The largest absolute Gasteiger partial charge is 0.480 e. The Morgan fingerprint density at radius 2 is 1.29 bits per heavy atom. The number of aliphatic carboxylic acids is 1. The highest BCUT2D eigenvalue weighted by Gasteiger charge is 2.40. The predicted molar refractivity (Wildman–Crippen MR) is 258 cm³/mol. The van der Waals surface area contributed by atoms with Crippen molar-refractivity contribution in [3.63, 3.8) is 0 Å². The van der Waals surface area contributed by atoms with Crippen LogP contribution in [0.2, 0.25) is 0 Å². The van der Waals surface area contributed by atoms with E-state index in [-0.39, 0.29) is 76.5 Å². The number of hydrogen-bond acceptors (Lipinski definition) is 14. The Bertz CT molecular complexity index is 2220. The number of hydrogen-bond donors (Lipinski definition) is 15. The van der Waals surface area contributed by atoms with Crippen LogP contribution in [-0.4, -0.2) is 176 Å². The molecule has 2 aromatic rings. The van der Waals surface area contributed by atoms with Gasteiger partial charge in [0.25, 0.3) is 0 Å². The van der Waals surface area contributed by atoms with Crippen LogP contribution < -0.4 is 60.2 Å². The van der Waals surface area contributed by atoms with E-state index in [0.717, 1.165) is 13.8 Å². The third-order valence-corrected chi connectivity index (χ3v) is 11.1. The summed E-state index contributed by atoms with van der Waals surface area (Å²) in [6.07, 6.45) is -0.190. The predicted octanol–water partition coefficient (Wildman–Crippen LogP) is -5.82. The minimum Gasteiger partial charge on any atom is -0.480 e. The van der Waals surface area contributed by atoms with Gasteiger partial charge in [-0.2, -0.15) is 0 Å². The summed E-state index contributed by atoms with van der Waals surface area (Å²) in [6, 6.07) is -1.82. The SMILES string of the molecule is CC(=O)NCC(=O)N[C@@H](CCCN=C(N)N)C(=O)N1CCC[C@H]1C(=O)N[C@@H](CCCN=C(N)N)C(=O)N[C@H](C(=O)N[C@H](C(=O)N[C@@H](Cc1cnc[nH]1)C(=O)N[C@@H](Cc1ccccc1)C(=O)O)[C@@H](C)O)[C@@H](C)O. The number of aromatic nitrogens is 2. The maximum atomic E-state index is 14.1. The molecule has 0 aliphatic carbocycles. The maximum Gasteiger partial charge on any atom is 0.326 e. The van der Waals surface area contributed by atoms with Gasteiger partial charge in [0, 0.05) is 51.3 Å². The van der Waals surface area contributed by atoms with E-state index in [1.165, 1.54) is 24.3 Å². The minimum atomic E-state index is -1.83. The number of rotatable bonds is 29. The first-order chi connectivity index (χ1) is 34.1. The lowest BCUT2D eigenvalue weighted by molar-refractivity contribution is -0.142. The van der Waals surface area contributed by atoms with Crippen molar-refractivity contribution < 1.29 is 58.5 Å². The van der Waals surface area contributed by atoms with Crippen LogP contribution in [0.5, 0.6) is 0 Å². The molecule has 28 nitrogen and oxygen atoms in total. The van der Waals surface area contributed by atoms with Crippen molar-refractivity contribution in [1.29, 1.82) is 0 Å². The summed E-state index contributed by atoms with van der Waals surface area (Å²) < 4.78 is 0. The van der Waals surface area contributed by atoms with E-state index in [2.05, 4.69) is 57.2 Å². The summed E-state index contributed by atoms with van der Waals surface area (Å²) in [5.41, 5.74) is 22.7. The number of guanidine groups is 2. The molecule has 0 unspecified atom stereocenters. The van der Waals surface area contributed by atoms with Gasteiger partial charge in [0.15, 0.2) is 11.9 Å². The van der Waals surface area contributed by atoms with Gasteiger partial charge in [-0.3, -0.25) is 48.3 Å². The number of aliphatic hydroxyl groups excluding tert-OH is 2. The zero-order valence-corrected chi connectivity index (χ0v) is 40.3. The third kappa shape index (κ3) is 19.9. The van der Waals surface area contributed by atoms with Gasteiger partial charge in [-0.15, -0.1) is 0 Å². The summed E-state index contributed by atoms with van der Waals surface area (Å²) in [5.74, 6) is -8.56. The number of likely N-dealkylation sites (tertiary alicyclic amines) is 1. The fraction of sp³-hybridized carbons (Fsp3) is 0.545. The van der Waals surface area contributed by atoms with Crippen LogP contribution >= 0.6 is 0 Å². The number of amides is 8. The van der Waals surface area contributed by atoms with E-state index >= 15 is 0 Å². The average molecular weight is 1010 g/mol. The molecule has 1 aromatic heterocycles. The Labute approximate surface area is 414 Å². The highest BCUT2D eigenvalue weighted by molar-refractivity contribution is 5.98. The van der Waals surface area contributed by atoms with E-state index in [9.17, 15) is 58.5 Å². The second kappa shape index (κ2) is 29.3. The first-order valence-electron chi connectivity index (χ1n) is 23.1. The molecule has 1 saturated heterocycles.